The van der Waals surface area contributed by atoms with Crippen molar-refractivity contribution in [2.75, 3.05) is 6.26 Å². The van der Waals surface area contributed by atoms with Crippen molar-refractivity contribution in [2.24, 2.45) is 17.3 Å². The molecule has 0 aromatic rings. The van der Waals surface area contributed by atoms with Crippen LogP contribution in [0.4, 0.5) is 0 Å². The summed E-state index contributed by atoms with van der Waals surface area (Å²) in [4.78, 5) is 11.3. The zero-order valence-electron chi connectivity index (χ0n) is 6.67. The SMILES string of the molecule is CS[C@H]1CC12[C@@H]1CCC(=O)[C@@H]12. The summed E-state index contributed by atoms with van der Waals surface area (Å²) in [6.45, 7) is 0. The van der Waals surface area contributed by atoms with Crippen molar-refractivity contribution in [1.82, 2.24) is 0 Å². The van der Waals surface area contributed by atoms with Gasteiger partial charge >= 0.3 is 0 Å². The number of carbonyl (C=O) groups excluding carboxylic acids is 1. The lowest BCUT2D eigenvalue weighted by Crippen LogP contribution is -2.01. The van der Waals surface area contributed by atoms with Gasteiger partial charge in [0.2, 0.25) is 0 Å². The van der Waals surface area contributed by atoms with Gasteiger partial charge in [-0.05, 0) is 30.4 Å². The van der Waals surface area contributed by atoms with E-state index in [4.69, 9.17) is 0 Å². The smallest absolute Gasteiger partial charge is 0.136 e. The van der Waals surface area contributed by atoms with Crippen LogP contribution in [0.1, 0.15) is 19.3 Å². The molecular formula is C9H12OS. The molecular weight excluding hydrogens is 156 g/mol. The third kappa shape index (κ3) is 0.557. The van der Waals surface area contributed by atoms with Crippen molar-refractivity contribution >= 4 is 17.5 Å². The Balaban J connectivity index is 1.84. The fourth-order valence-electron chi connectivity index (χ4n) is 3.24. The molecule has 1 unspecified atom stereocenters. The zero-order valence-corrected chi connectivity index (χ0v) is 7.49. The van der Waals surface area contributed by atoms with Crippen LogP contribution in [0.3, 0.4) is 0 Å². The topological polar surface area (TPSA) is 17.1 Å². The average Bonchev–Trinajstić information content (AvgIpc) is 2.83. The molecule has 0 aliphatic heterocycles. The summed E-state index contributed by atoms with van der Waals surface area (Å²) in [6.07, 6.45) is 5.62. The fourth-order valence-corrected chi connectivity index (χ4v) is 4.45. The van der Waals surface area contributed by atoms with Crippen molar-refractivity contribution in [3.63, 3.8) is 0 Å². The van der Waals surface area contributed by atoms with Crippen LogP contribution in [0.5, 0.6) is 0 Å². The minimum Gasteiger partial charge on any atom is -0.299 e. The highest BCUT2D eigenvalue weighted by Gasteiger charge is 2.80. The lowest BCUT2D eigenvalue weighted by Gasteiger charge is -1.97. The molecule has 3 rings (SSSR count). The molecule has 0 radical (unpaired) electrons. The minimum atomic E-state index is 0.528. The van der Waals surface area contributed by atoms with Crippen LogP contribution < -0.4 is 0 Å². The monoisotopic (exact) mass is 168 g/mol. The van der Waals surface area contributed by atoms with E-state index in [0.29, 0.717) is 17.1 Å². The van der Waals surface area contributed by atoms with E-state index >= 15 is 0 Å². The van der Waals surface area contributed by atoms with Crippen LogP contribution in [0.2, 0.25) is 0 Å². The number of hydrogen-bond acceptors (Lipinski definition) is 2. The predicted molar refractivity (Wildman–Crippen MR) is 45.6 cm³/mol. The lowest BCUT2D eigenvalue weighted by atomic mass is 10.1. The van der Waals surface area contributed by atoms with Crippen LogP contribution in [0.25, 0.3) is 0 Å². The van der Waals surface area contributed by atoms with Gasteiger partial charge in [-0.15, -0.1) is 0 Å². The molecule has 0 saturated heterocycles. The second kappa shape index (κ2) is 1.68. The molecule has 3 aliphatic rings. The third-order valence-corrected chi connectivity index (χ3v) is 5.05. The van der Waals surface area contributed by atoms with E-state index in [1.54, 1.807) is 0 Å². The van der Waals surface area contributed by atoms with Gasteiger partial charge in [-0.3, -0.25) is 4.79 Å². The molecule has 0 heterocycles. The molecule has 0 bridgehead atoms. The van der Waals surface area contributed by atoms with Crippen LogP contribution >= 0.6 is 11.8 Å². The van der Waals surface area contributed by atoms with E-state index in [0.717, 1.165) is 17.6 Å². The Kier molecular flexibility index (Phi) is 0.998. The van der Waals surface area contributed by atoms with Crippen LogP contribution in [-0.4, -0.2) is 17.3 Å². The molecule has 0 amide bonds. The van der Waals surface area contributed by atoms with E-state index in [1.807, 2.05) is 11.8 Å². The fraction of sp³-hybridized carbons (Fsp3) is 0.889. The normalized spacial score (nSPS) is 58.3. The summed E-state index contributed by atoms with van der Waals surface area (Å²) in [5, 5.41) is 0.849. The van der Waals surface area contributed by atoms with Crippen molar-refractivity contribution in [1.29, 1.82) is 0 Å². The Bertz CT molecular complexity index is 238. The summed E-state index contributed by atoms with van der Waals surface area (Å²) in [6, 6.07) is 0. The Morgan fingerprint density at radius 2 is 2.45 bits per heavy atom. The molecule has 0 aromatic heterocycles. The van der Waals surface area contributed by atoms with E-state index in [1.165, 1.54) is 12.8 Å². The van der Waals surface area contributed by atoms with Crippen LogP contribution in [-0.2, 0) is 4.79 Å². The van der Waals surface area contributed by atoms with Crippen molar-refractivity contribution in [3.05, 3.63) is 0 Å². The molecule has 1 spiro atoms. The van der Waals surface area contributed by atoms with Gasteiger partial charge in [0, 0.05) is 17.6 Å². The number of rotatable bonds is 1. The van der Waals surface area contributed by atoms with Gasteiger partial charge in [-0.2, -0.15) is 11.8 Å². The van der Waals surface area contributed by atoms with E-state index < -0.39 is 0 Å². The number of Topliss-reactive ketones (excluding diaryl/α,β-unsaturated/α-hetero) is 1. The summed E-state index contributed by atoms with van der Waals surface area (Å²) in [5.41, 5.74) is 0.564. The molecule has 11 heavy (non-hydrogen) atoms. The third-order valence-electron chi connectivity index (χ3n) is 3.87. The molecule has 3 fully saturated rings. The number of ketones is 1. The quantitative estimate of drug-likeness (QED) is 0.593. The van der Waals surface area contributed by atoms with Crippen LogP contribution in [0, 0.1) is 17.3 Å². The maximum atomic E-state index is 11.3. The largest absolute Gasteiger partial charge is 0.299 e. The van der Waals surface area contributed by atoms with Crippen LogP contribution in [0.15, 0.2) is 0 Å². The predicted octanol–water partition coefficient (Wildman–Crippen LogP) is 1.72. The summed E-state index contributed by atoms with van der Waals surface area (Å²) >= 11 is 1.97. The number of carbonyl (C=O) groups is 1. The number of fused-ring (bicyclic) bond motifs is 3. The standard InChI is InChI=1S/C9H12OS/c1-11-7-4-9(7)5-2-3-6(10)8(5)9/h5,7-8H,2-4H2,1H3/t5-,7+,8-,9?/m1/s1. The molecule has 0 N–H and O–H groups in total. The highest BCUT2D eigenvalue weighted by atomic mass is 32.2. The van der Waals surface area contributed by atoms with Crippen molar-refractivity contribution < 1.29 is 4.79 Å². The van der Waals surface area contributed by atoms with Gasteiger partial charge in [-0.1, -0.05) is 0 Å². The van der Waals surface area contributed by atoms with Gasteiger partial charge in [0.1, 0.15) is 5.78 Å². The summed E-state index contributed by atoms with van der Waals surface area (Å²) in [5.74, 6) is 1.93. The molecule has 60 valence electrons. The average molecular weight is 168 g/mol. The molecule has 3 saturated carbocycles. The second-order valence-electron chi connectivity index (χ2n) is 4.13. The highest BCUT2D eigenvalue weighted by molar-refractivity contribution is 7.99. The Hall–Kier alpha value is 0.0200. The van der Waals surface area contributed by atoms with Gasteiger partial charge in [0.15, 0.2) is 0 Å². The Labute approximate surface area is 70.9 Å². The molecule has 0 aromatic carbocycles. The Morgan fingerprint density at radius 3 is 2.91 bits per heavy atom. The molecule has 2 heteroatoms. The first-order chi connectivity index (χ1) is 5.30. The van der Waals surface area contributed by atoms with Gasteiger partial charge in [-0.25, -0.2) is 0 Å². The van der Waals surface area contributed by atoms with E-state index in [-0.39, 0.29) is 0 Å². The zero-order chi connectivity index (χ0) is 7.64. The molecule has 3 aliphatic carbocycles. The van der Waals surface area contributed by atoms with E-state index in [9.17, 15) is 4.79 Å². The maximum absolute atomic E-state index is 11.3. The molecule has 4 atom stereocenters. The Morgan fingerprint density at radius 1 is 1.64 bits per heavy atom. The number of hydrogen-bond donors (Lipinski definition) is 0. The lowest BCUT2D eigenvalue weighted by molar-refractivity contribution is -0.119. The first kappa shape index (κ1) is 6.53. The first-order valence-electron chi connectivity index (χ1n) is 4.36. The highest BCUT2D eigenvalue weighted by Crippen LogP contribution is 2.81. The van der Waals surface area contributed by atoms with Crippen molar-refractivity contribution in [2.45, 2.75) is 24.5 Å². The summed E-state index contributed by atoms with van der Waals surface area (Å²) in [7, 11) is 0. The van der Waals surface area contributed by atoms with Gasteiger partial charge in [0.05, 0.1) is 0 Å². The summed E-state index contributed by atoms with van der Waals surface area (Å²) < 4.78 is 0. The molecule has 1 nitrogen and oxygen atoms in total. The van der Waals surface area contributed by atoms with E-state index in [2.05, 4.69) is 6.26 Å². The first-order valence-corrected chi connectivity index (χ1v) is 5.65. The van der Waals surface area contributed by atoms with Gasteiger partial charge in [0.25, 0.3) is 0 Å². The maximum Gasteiger partial charge on any atom is 0.136 e. The van der Waals surface area contributed by atoms with Gasteiger partial charge < -0.3 is 0 Å². The minimum absolute atomic E-state index is 0.528. The number of thioether (sulfide) groups is 1. The second-order valence-corrected chi connectivity index (χ2v) is 5.17. The van der Waals surface area contributed by atoms with Crippen molar-refractivity contribution in [3.8, 4) is 0 Å².